The summed E-state index contributed by atoms with van der Waals surface area (Å²) in [7, 11) is 1.72. The smallest absolute Gasteiger partial charge is 0.138 e. The molecular weight excluding hydrogens is 348 g/mol. The van der Waals surface area contributed by atoms with Gasteiger partial charge in [0.05, 0.1) is 12.8 Å². The van der Waals surface area contributed by atoms with Crippen LogP contribution < -0.4 is 10.6 Å². The van der Waals surface area contributed by atoms with E-state index in [9.17, 15) is 0 Å². The molecule has 0 spiro atoms. The number of aryl methyl sites for hydroxylation is 1. The molecule has 0 aliphatic heterocycles. The number of nitrogens with two attached hydrogens (primary N) is 1. The van der Waals surface area contributed by atoms with Crippen LogP contribution in [0.1, 0.15) is 18.1 Å². The molecule has 0 bridgehead atoms. The number of ether oxygens (including phenoxy) is 1. The first-order chi connectivity index (χ1) is 12.6. The normalized spacial score (nSPS) is 11.3. The highest BCUT2D eigenvalue weighted by molar-refractivity contribution is 6.33. The van der Waals surface area contributed by atoms with Gasteiger partial charge in [0.25, 0.3) is 0 Å². The van der Waals surface area contributed by atoms with Gasteiger partial charge in [0.1, 0.15) is 11.5 Å². The number of likely N-dealkylation sites (N-methyl/N-ethyl adjacent to an activating group) is 1. The summed E-state index contributed by atoms with van der Waals surface area (Å²) < 4.78 is 7.34. The third kappa shape index (κ3) is 3.56. The van der Waals surface area contributed by atoms with Gasteiger partial charge in [-0.05, 0) is 37.1 Å². The maximum absolute atomic E-state index is 6.52. The third-order valence-corrected chi connectivity index (χ3v) is 4.93. The topological polar surface area (TPSA) is 55.8 Å². The summed E-state index contributed by atoms with van der Waals surface area (Å²) in [4.78, 5) is 6.81. The molecule has 3 rings (SSSR count). The number of nitrogens with zero attached hydrogens (tertiary/aromatic N) is 3. The van der Waals surface area contributed by atoms with Gasteiger partial charge < -0.3 is 15.4 Å². The van der Waals surface area contributed by atoms with Crippen molar-refractivity contribution >= 4 is 23.1 Å². The largest absolute Gasteiger partial charge is 0.383 e. The van der Waals surface area contributed by atoms with Crippen LogP contribution in [-0.4, -0.2) is 36.2 Å². The minimum atomic E-state index is 0.430. The van der Waals surface area contributed by atoms with Gasteiger partial charge in [-0.15, -0.1) is 0 Å². The molecule has 3 aromatic rings. The second kappa shape index (κ2) is 8.08. The number of imidazole rings is 1. The molecule has 0 saturated carbocycles. The van der Waals surface area contributed by atoms with Gasteiger partial charge in [-0.1, -0.05) is 23.7 Å². The summed E-state index contributed by atoms with van der Waals surface area (Å²) in [6, 6.07) is 8.14. The highest BCUT2D eigenvalue weighted by Gasteiger charge is 2.15. The van der Waals surface area contributed by atoms with Crippen LogP contribution in [0.4, 0.5) is 5.82 Å². The number of fused-ring (bicyclic) bond motifs is 1. The van der Waals surface area contributed by atoms with E-state index in [4.69, 9.17) is 22.1 Å². The Bertz CT molecular complexity index is 906. The third-order valence-electron chi connectivity index (χ3n) is 4.62. The number of halogens is 1. The Kier molecular flexibility index (Phi) is 5.81. The molecule has 5 nitrogen and oxygen atoms in total. The van der Waals surface area contributed by atoms with Gasteiger partial charge in [0, 0.05) is 49.1 Å². The molecule has 0 fully saturated rings. The van der Waals surface area contributed by atoms with E-state index in [0.717, 1.165) is 51.8 Å². The van der Waals surface area contributed by atoms with Crippen molar-refractivity contribution in [3.63, 3.8) is 0 Å². The number of aromatic nitrogens is 2. The standard InChI is InChI=1S/C20H25ClN4O/c1-4-24(7-8-26-3)20-12-23-19-10-15(11-22)17(13-25(19)20)16-6-5-14(2)9-18(16)21/h5-6,9-10,12-13H,4,7-8,11,22H2,1-3H3. The quantitative estimate of drug-likeness (QED) is 0.683. The molecule has 0 unspecified atom stereocenters. The first-order valence-corrected chi connectivity index (χ1v) is 9.17. The van der Waals surface area contributed by atoms with E-state index in [1.807, 2.05) is 25.3 Å². The first kappa shape index (κ1) is 18.7. The van der Waals surface area contributed by atoms with E-state index in [1.165, 1.54) is 0 Å². The van der Waals surface area contributed by atoms with Crippen molar-refractivity contribution in [2.75, 3.05) is 31.7 Å². The van der Waals surface area contributed by atoms with E-state index in [2.05, 4.69) is 39.5 Å². The second-order valence-electron chi connectivity index (χ2n) is 6.32. The van der Waals surface area contributed by atoms with Gasteiger partial charge in [0.15, 0.2) is 0 Å². The summed E-state index contributed by atoms with van der Waals surface area (Å²) in [5.74, 6) is 1.03. The van der Waals surface area contributed by atoms with Crippen LogP contribution in [0.15, 0.2) is 36.7 Å². The summed E-state index contributed by atoms with van der Waals surface area (Å²) in [5.41, 5.74) is 11.1. The highest BCUT2D eigenvalue weighted by atomic mass is 35.5. The van der Waals surface area contributed by atoms with Crippen molar-refractivity contribution < 1.29 is 4.74 Å². The van der Waals surface area contributed by atoms with E-state index >= 15 is 0 Å². The number of methoxy groups -OCH3 is 1. The molecule has 0 atom stereocenters. The van der Waals surface area contributed by atoms with E-state index < -0.39 is 0 Å². The molecular formula is C20H25ClN4O. The lowest BCUT2D eigenvalue weighted by atomic mass is 10.0. The molecule has 1 aromatic carbocycles. The fraction of sp³-hybridized carbons (Fsp3) is 0.350. The number of anilines is 1. The number of pyridine rings is 1. The predicted molar refractivity (Wildman–Crippen MR) is 108 cm³/mol. The number of hydrogen-bond donors (Lipinski definition) is 1. The highest BCUT2D eigenvalue weighted by Crippen LogP contribution is 2.33. The minimum Gasteiger partial charge on any atom is -0.383 e. The van der Waals surface area contributed by atoms with Crippen molar-refractivity contribution in [1.29, 1.82) is 0 Å². The Labute approximate surface area is 159 Å². The number of hydrogen-bond acceptors (Lipinski definition) is 4. The molecule has 138 valence electrons. The zero-order chi connectivity index (χ0) is 18.7. The molecule has 0 aliphatic rings. The zero-order valence-electron chi connectivity index (χ0n) is 15.5. The van der Waals surface area contributed by atoms with Gasteiger partial charge in [-0.25, -0.2) is 4.98 Å². The van der Waals surface area contributed by atoms with Crippen LogP contribution in [0.3, 0.4) is 0 Å². The Balaban J connectivity index is 2.15. The molecule has 6 heteroatoms. The lowest BCUT2D eigenvalue weighted by molar-refractivity contribution is 0.205. The minimum absolute atomic E-state index is 0.430. The fourth-order valence-electron chi connectivity index (χ4n) is 3.17. The van der Waals surface area contributed by atoms with Crippen LogP contribution in [0.25, 0.3) is 16.8 Å². The van der Waals surface area contributed by atoms with Gasteiger partial charge in [-0.2, -0.15) is 0 Å². The second-order valence-corrected chi connectivity index (χ2v) is 6.72. The SMILES string of the molecule is CCN(CCOC)c1cnc2cc(CN)c(-c3ccc(C)cc3Cl)cn12. The molecule has 26 heavy (non-hydrogen) atoms. The Morgan fingerprint density at radius 3 is 2.73 bits per heavy atom. The Hall–Kier alpha value is -2.08. The van der Waals surface area contributed by atoms with Crippen LogP contribution in [0, 0.1) is 6.92 Å². The first-order valence-electron chi connectivity index (χ1n) is 8.79. The molecule has 2 N–H and O–H groups in total. The van der Waals surface area contributed by atoms with E-state index in [0.29, 0.717) is 13.2 Å². The van der Waals surface area contributed by atoms with Crippen molar-refractivity contribution in [1.82, 2.24) is 9.38 Å². The van der Waals surface area contributed by atoms with Crippen molar-refractivity contribution in [2.24, 2.45) is 5.73 Å². The Morgan fingerprint density at radius 2 is 2.08 bits per heavy atom. The van der Waals surface area contributed by atoms with Gasteiger partial charge >= 0.3 is 0 Å². The van der Waals surface area contributed by atoms with Gasteiger partial charge in [-0.3, -0.25) is 4.40 Å². The van der Waals surface area contributed by atoms with E-state index in [1.54, 1.807) is 7.11 Å². The van der Waals surface area contributed by atoms with Crippen LogP contribution >= 0.6 is 11.6 Å². The molecule has 0 radical (unpaired) electrons. The van der Waals surface area contributed by atoms with Crippen molar-refractivity contribution in [3.8, 4) is 11.1 Å². The molecule has 2 heterocycles. The molecule has 0 saturated heterocycles. The van der Waals surface area contributed by atoms with Crippen molar-refractivity contribution in [3.05, 3.63) is 52.8 Å². The number of rotatable bonds is 7. The maximum atomic E-state index is 6.52. The summed E-state index contributed by atoms with van der Waals surface area (Å²) in [6.45, 7) is 6.93. The van der Waals surface area contributed by atoms with E-state index in [-0.39, 0.29) is 0 Å². The maximum Gasteiger partial charge on any atom is 0.138 e. The monoisotopic (exact) mass is 372 g/mol. The average Bonchev–Trinajstić information content (AvgIpc) is 3.04. The lowest BCUT2D eigenvalue weighted by Crippen LogP contribution is -2.27. The molecule has 0 aliphatic carbocycles. The summed E-state index contributed by atoms with van der Waals surface area (Å²) in [5, 5.41) is 0.729. The molecule has 0 amide bonds. The Morgan fingerprint density at radius 1 is 1.27 bits per heavy atom. The summed E-state index contributed by atoms with van der Waals surface area (Å²) >= 11 is 6.52. The van der Waals surface area contributed by atoms with Crippen LogP contribution in [-0.2, 0) is 11.3 Å². The zero-order valence-corrected chi connectivity index (χ0v) is 16.3. The van der Waals surface area contributed by atoms with Crippen molar-refractivity contribution in [2.45, 2.75) is 20.4 Å². The lowest BCUT2D eigenvalue weighted by Gasteiger charge is -2.22. The number of benzene rings is 1. The van der Waals surface area contributed by atoms with Crippen LogP contribution in [0.2, 0.25) is 5.02 Å². The predicted octanol–water partition coefficient (Wildman–Crippen LogP) is 3.89. The average molecular weight is 373 g/mol. The molecule has 2 aromatic heterocycles. The fourth-order valence-corrected chi connectivity index (χ4v) is 3.51. The van der Waals surface area contributed by atoms with Gasteiger partial charge in [0.2, 0.25) is 0 Å². The van der Waals surface area contributed by atoms with Crippen LogP contribution in [0.5, 0.6) is 0 Å². The summed E-state index contributed by atoms with van der Waals surface area (Å²) in [6.07, 6.45) is 3.99.